The topological polar surface area (TPSA) is 119 Å². The van der Waals surface area contributed by atoms with E-state index in [1.165, 1.54) is 31.6 Å². The molecule has 3 amide bonds. The number of hydrogen-bond acceptors (Lipinski definition) is 5. The number of carboxylic acid groups (broad SMARTS) is 1. The Hall–Kier alpha value is -2.66. The molecule has 0 spiro atoms. The first kappa shape index (κ1) is 30.8. The highest BCUT2D eigenvalue weighted by Gasteiger charge is 2.40. The van der Waals surface area contributed by atoms with E-state index in [9.17, 15) is 19.2 Å². The smallest absolute Gasteiger partial charge is 0.322 e. The van der Waals surface area contributed by atoms with Crippen LogP contribution in [0.2, 0.25) is 0 Å². The SMILES string of the molecule is Cc1cc(Br)c2c(c1)CCC1=CC(Br)=CNC1[C@@H]2C1CCN(C(=O)CC2CCN(C(=O)C(=O)NCC(=O)O)CC2)CC1. The van der Waals surface area contributed by atoms with E-state index in [4.69, 9.17) is 5.11 Å². The summed E-state index contributed by atoms with van der Waals surface area (Å²) in [6.07, 6.45) is 10.0. The Morgan fingerprint density at radius 3 is 2.38 bits per heavy atom. The number of dihydropyridines is 1. The van der Waals surface area contributed by atoms with Gasteiger partial charge in [-0.2, -0.15) is 0 Å². The highest BCUT2D eigenvalue weighted by Crippen LogP contribution is 2.46. The number of carbonyl (C=O) groups excluding carboxylic acids is 3. The minimum Gasteiger partial charge on any atom is -0.480 e. The van der Waals surface area contributed by atoms with Crippen molar-refractivity contribution in [1.29, 1.82) is 0 Å². The van der Waals surface area contributed by atoms with Crippen LogP contribution in [0, 0.1) is 18.8 Å². The molecule has 0 saturated carbocycles. The van der Waals surface area contributed by atoms with Crippen LogP contribution in [0.5, 0.6) is 0 Å². The van der Waals surface area contributed by atoms with Gasteiger partial charge < -0.3 is 25.5 Å². The second-order valence-electron chi connectivity index (χ2n) is 12.0. The number of benzene rings is 1. The van der Waals surface area contributed by atoms with Crippen molar-refractivity contribution in [3.8, 4) is 0 Å². The van der Waals surface area contributed by atoms with Gasteiger partial charge >= 0.3 is 17.8 Å². The molecule has 0 radical (unpaired) electrons. The average molecular weight is 706 g/mol. The van der Waals surface area contributed by atoms with Crippen LogP contribution in [0.3, 0.4) is 0 Å². The summed E-state index contributed by atoms with van der Waals surface area (Å²) >= 11 is 7.58. The third kappa shape index (κ3) is 6.93. The molecule has 42 heavy (non-hydrogen) atoms. The predicted octanol–water partition coefficient (Wildman–Crippen LogP) is 3.99. The van der Waals surface area contributed by atoms with E-state index < -0.39 is 24.3 Å². The number of piperidine rings is 2. The first-order valence-corrected chi connectivity index (χ1v) is 16.4. The summed E-state index contributed by atoms with van der Waals surface area (Å²) in [5.41, 5.74) is 5.53. The highest BCUT2D eigenvalue weighted by molar-refractivity contribution is 9.12. The Kier molecular flexibility index (Phi) is 9.77. The number of allylic oxidation sites excluding steroid dienone is 2. The molecule has 1 aromatic carbocycles. The molecular weight excluding hydrogens is 668 g/mol. The van der Waals surface area contributed by atoms with Crippen molar-refractivity contribution < 1.29 is 24.3 Å². The first-order valence-electron chi connectivity index (χ1n) is 14.8. The zero-order chi connectivity index (χ0) is 30.0. The standard InChI is InChI=1S/C31H38Br2N4O5/c1-18-12-21-2-3-22-15-23(32)16-34-29(22)28(27(21)24(33)13-18)20-6-10-36(11-7-20)25(38)14-19-4-8-37(9-5-19)31(42)30(41)35-17-26(39)40/h12-13,15-16,19-20,28-29,34H,2-11,14,17H2,1H3,(H,35,41)(H,39,40)/t28-,29?/m1/s1. The van der Waals surface area contributed by atoms with Gasteiger partial charge in [0.15, 0.2) is 0 Å². The lowest BCUT2D eigenvalue weighted by molar-refractivity contribution is -0.148. The number of nitrogens with one attached hydrogen (secondary N) is 2. The molecule has 0 bridgehead atoms. The van der Waals surface area contributed by atoms with Gasteiger partial charge in [-0.1, -0.05) is 22.0 Å². The van der Waals surface area contributed by atoms with Gasteiger partial charge in [-0.3, -0.25) is 19.2 Å². The van der Waals surface area contributed by atoms with Gasteiger partial charge in [0.25, 0.3) is 0 Å². The average Bonchev–Trinajstić information content (AvgIpc) is 3.12. The third-order valence-corrected chi connectivity index (χ3v) is 10.3. The summed E-state index contributed by atoms with van der Waals surface area (Å²) in [5.74, 6) is -1.72. The van der Waals surface area contributed by atoms with Crippen LogP contribution < -0.4 is 10.6 Å². The molecular formula is C31H38Br2N4O5. The Bertz CT molecular complexity index is 1310. The minimum absolute atomic E-state index is 0.165. The second kappa shape index (κ2) is 13.3. The quantitative estimate of drug-likeness (QED) is 0.399. The van der Waals surface area contributed by atoms with Crippen LogP contribution in [0.15, 0.2) is 38.9 Å². The van der Waals surface area contributed by atoms with E-state index >= 15 is 0 Å². The van der Waals surface area contributed by atoms with Gasteiger partial charge in [0, 0.05) is 53.7 Å². The van der Waals surface area contributed by atoms with Crippen molar-refractivity contribution >= 4 is 55.6 Å². The molecule has 3 aliphatic heterocycles. The number of likely N-dealkylation sites (tertiary alicyclic amines) is 2. The number of halogens is 2. The monoisotopic (exact) mass is 704 g/mol. The number of aryl methyl sites for hydroxylation is 2. The van der Waals surface area contributed by atoms with Crippen molar-refractivity contribution in [2.45, 2.75) is 63.8 Å². The Labute approximate surface area is 263 Å². The number of amides is 3. The van der Waals surface area contributed by atoms with Gasteiger partial charge in [-0.05, 0) is 108 Å². The van der Waals surface area contributed by atoms with Crippen LogP contribution in [0.1, 0.15) is 61.1 Å². The Balaban J connectivity index is 1.18. The largest absolute Gasteiger partial charge is 0.480 e. The normalized spacial score (nSPS) is 23.0. The molecule has 226 valence electrons. The van der Waals surface area contributed by atoms with E-state index in [0.717, 1.165) is 43.3 Å². The van der Waals surface area contributed by atoms with Gasteiger partial charge in [0.2, 0.25) is 5.91 Å². The van der Waals surface area contributed by atoms with Crippen LogP contribution in [-0.4, -0.2) is 77.4 Å². The molecule has 1 aliphatic carbocycles. The zero-order valence-corrected chi connectivity index (χ0v) is 27.0. The highest BCUT2D eigenvalue weighted by atomic mass is 79.9. The summed E-state index contributed by atoms with van der Waals surface area (Å²) in [4.78, 5) is 51.7. The van der Waals surface area contributed by atoms with Crippen LogP contribution in [0.4, 0.5) is 0 Å². The van der Waals surface area contributed by atoms with Crippen LogP contribution in [0.25, 0.3) is 0 Å². The van der Waals surface area contributed by atoms with Crippen LogP contribution >= 0.6 is 31.9 Å². The lowest BCUT2D eigenvalue weighted by atomic mass is 9.73. The van der Waals surface area contributed by atoms with Gasteiger partial charge in [0.05, 0.1) is 6.04 Å². The number of hydrogen-bond donors (Lipinski definition) is 3. The number of carbonyl (C=O) groups is 4. The Morgan fingerprint density at radius 2 is 1.69 bits per heavy atom. The summed E-state index contributed by atoms with van der Waals surface area (Å²) in [5, 5.41) is 14.5. The van der Waals surface area contributed by atoms with Crippen molar-refractivity contribution in [2.24, 2.45) is 11.8 Å². The maximum absolute atomic E-state index is 13.3. The lowest BCUT2D eigenvalue weighted by Gasteiger charge is -2.41. The number of fused-ring (bicyclic) bond motifs is 2. The molecule has 2 fully saturated rings. The minimum atomic E-state index is -1.20. The fourth-order valence-corrected chi connectivity index (χ4v) is 8.41. The molecule has 3 heterocycles. The number of nitrogens with zero attached hydrogens (tertiary/aromatic N) is 2. The number of carboxylic acids is 1. The fourth-order valence-electron chi connectivity index (χ4n) is 7.11. The van der Waals surface area contributed by atoms with Crippen molar-refractivity contribution in [3.05, 3.63) is 55.6 Å². The number of rotatable bonds is 5. The Morgan fingerprint density at radius 1 is 1.00 bits per heavy atom. The van der Waals surface area contributed by atoms with Crippen LogP contribution in [-0.2, 0) is 25.6 Å². The van der Waals surface area contributed by atoms with Gasteiger partial charge in [-0.15, -0.1) is 0 Å². The fraction of sp³-hybridized carbons (Fsp3) is 0.548. The summed E-state index contributed by atoms with van der Waals surface area (Å²) in [7, 11) is 0. The van der Waals surface area contributed by atoms with E-state index in [1.807, 2.05) is 4.90 Å². The summed E-state index contributed by atoms with van der Waals surface area (Å²) < 4.78 is 2.26. The zero-order valence-electron chi connectivity index (χ0n) is 23.8. The molecule has 1 unspecified atom stereocenters. The molecule has 4 aliphatic rings. The molecule has 2 saturated heterocycles. The molecule has 3 N–H and O–H groups in total. The summed E-state index contributed by atoms with van der Waals surface area (Å²) in [6, 6.07) is 4.81. The maximum Gasteiger partial charge on any atom is 0.322 e. The van der Waals surface area contributed by atoms with E-state index in [1.54, 1.807) is 0 Å². The third-order valence-electron chi connectivity index (χ3n) is 9.22. The predicted molar refractivity (Wildman–Crippen MR) is 166 cm³/mol. The van der Waals surface area contributed by atoms with Crippen molar-refractivity contribution in [1.82, 2.24) is 20.4 Å². The van der Waals surface area contributed by atoms with E-state index in [0.29, 0.717) is 44.2 Å². The van der Waals surface area contributed by atoms with Crippen molar-refractivity contribution in [2.75, 3.05) is 32.7 Å². The lowest BCUT2D eigenvalue weighted by Crippen LogP contribution is -2.48. The van der Waals surface area contributed by atoms with E-state index in [2.05, 4.69) is 73.8 Å². The molecule has 9 nitrogen and oxygen atoms in total. The van der Waals surface area contributed by atoms with E-state index in [-0.39, 0.29) is 17.9 Å². The molecule has 1 aromatic rings. The molecule has 0 aromatic heterocycles. The molecule has 5 rings (SSSR count). The maximum atomic E-state index is 13.3. The number of aliphatic carboxylic acids is 1. The summed E-state index contributed by atoms with van der Waals surface area (Å²) in [6.45, 7) is 3.84. The first-order chi connectivity index (χ1) is 20.1. The molecule has 11 heteroatoms. The van der Waals surface area contributed by atoms with Crippen molar-refractivity contribution in [3.63, 3.8) is 0 Å². The van der Waals surface area contributed by atoms with Gasteiger partial charge in [-0.25, -0.2) is 0 Å². The van der Waals surface area contributed by atoms with Gasteiger partial charge in [0.1, 0.15) is 6.54 Å². The molecule has 2 atom stereocenters. The second-order valence-corrected chi connectivity index (χ2v) is 13.7.